The van der Waals surface area contributed by atoms with Gasteiger partial charge in [-0.2, -0.15) is 9.67 Å². The van der Waals surface area contributed by atoms with Crippen molar-refractivity contribution in [1.82, 2.24) is 29.8 Å². The van der Waals surface area contributed by atoms with Crippen molar-refractivity contribution < 1.29 is 14.6 Å². The Bertz CT molecular complexity index is 627. The van der Waals surface area contributed by atoms with Crippen molar-refractivity contribution >= 4 is 17.5 Å². The number of aryl methyl sites for hydroxylation is 1. The first kappa shape index (κ1) is 16.3. The van der Waals surface area contributed by atoms with E-state index in [1.54, 1.807) is 6.20 Å². The predicted octanol–water partition coefficient (Wildman–Crippen LogP) is -0.905. The third-order valence-corrected chi connectivity index (χ3v) is 2.91. The summed E-state index contributed by atoms with van der Waals surface area (Å²) in [6.45, 7) is -0.0839. The summed E-state index contributed by atoms with van der Waals surface area (Å²) in [5.74, 6) is -0.112. The fraction of sp³-hybridized carbons (Fsp3) is 0.545. The third-order valence-electron chi connectivity index (χ3n) is 2.64. The molecule has 0 saturated carbocycles. The Kier molecular flexibility index (Phi) is 5.81. The Morgan fingerprint density at radius 2 is 2.32 bits per heavy atom. The third kappa shape index (κ3) is 4.00. The van der Waals surface area contributed by atoms with E-state index in [1.165, 1.54) is 9.36 Å². The first-order valence-electron chi connectivity index (χ1n) is 6.56. The minimum absolute atomic E-state index is 0.0559. The van der Waals surface area contributed by atoms with Gasteiger partial charge in [-0.3, -0.25) is 4.79 Å². The molecule has 0 spiro atoms. The molecular formula is C11H16ClN7O3. The number of rotatable bonds is 9. The molecule has 0 atom stereocenters. The van der Waals surface area contributed by atoms with Crippen molar-refractivity contribution in [3.8, 4) is 5.95 Å². The van der Waals surface area contributed by atoms with Crippen LogP contribution >= 0.6 is 11.6 Å². The van der Waals surface area contributed by atoms with Gasteiger partial charge in [0.1, 0.15) is 6.73 Å². The van der Waals surface area contributed by atoms with Gasteiger partial charge in [-0.1, -0.05) is 5.21 Å². The lowest BCUT2D eigenvalue weighted by atomic mass is 10.3. The van der Waals surface area contributed by atoms with Gasteiger partial charge in [0.05, 0.1) is 25.1 Å². The molecule has 2 rings (SSSR count). The SMILES string of the molecule is NC(=O)c1nc(-n2cc(CCCCl)nn2)nn1COCCO. The number of aliphatic hydroxyl groups is 1. The van der Waals surface area contributed by atoms with Gasteiger partial charge in [-0.15, -0.1) is 21.8 Å². The molecule has 2 aromatic heterocycles. The van der Waals surface area contributed by atoms with Crippen LogP contribution in [0.5, 0.6) is 0 Å². The van der Waals surface area contributed by atoms with Crippen LogP contribution in [0.15, 0.2) is 6.20 Å². The van der Waals surface area contributed by atoms with E-state index >= 15 is 0 Å². The molecular weight excluding hydrogens is 314 g/mol. The second-order valence-corrected chi connectivity index (χ2v) is 4.69. The summed E-state index contributed by atoms with van der Waals surface area (Å²) in [5.41, 5.74) is 6.00. The van der Waals surface area contributed by atoms with E-state index in [1.807, 2.05) is 0 Å². The maximum atomic E-state index is 11.4. The fourth-order valence-electron chi connectivity index (χ4n) is 1.67. The second kappa shape index (κ2) is 7.82. The van der Waals surface area contributed by atoms with Crippen molar-refractivity contribution in [3.63, 3.8) is 0 Å². The van der Waals surface area contributed by atoms with Gasteiger partial charge >= 0.3 is 0 Å². The average molecular weight is 330 g/mol. The molecule has 120 valence electrons. The summed E-state index contributed by atoms with van der Waals surface area (Å²) in [6.07, 6.45) is 3.13. The van der Waals surface area contributed by atoms with Crippen molar-refractivity contribution in [1.29, 1.82) is 0 Å². The lowest BCUT2D eigenvalue weighted by molar-refractivity contribution is 0.0398. The first-order valence-corrected chi connectivity index (χ1v) is 7.10. The Hall–Kier alpha value is -2.04. The summed E-state index contributed by atoms with van der Waals surface area (Å²) in [4.78, 5) is 15.4. The lowest BCUT2D eigenvalue weighted by Crippen LogP contribution is -2.20. The van der Waals surface area contributed by atoms with Crippen molar-refractivity contribution in [3.05, 3.63) is 17.7 Å². The van der Waals surface area contributed by atoms with Crippen LogP contribution in [-0.4, -0.2) is 59.9 Å². The number of halogens is 1. The van der Waals surface area contributed by atoms with E-state index in [0.717, 1.165) is 12.1 Å². The summed E-state index contributed by atoms with van der Waals surface area (Å²) in [7, 11) is 0. The zero-order chi connectivity index (χ0) is 15.9. The van der Waals surface area contributed by atoms with Gasteiger partial charge in [0, 0.05) is 5.88 Å². The van der Waals surface area contributed by atoms with Crippen LogP contribution in [-0.2, 0) is 17.9 Å². The van der Waals surface area contributed by atoms with Gasteiger partial charge < -0.3 is 15.6 Å². The molecule has 0 radical (unpaired) electrons. The summed E-state index contributed by atoms with van der Waals surface area (Å²) in [6, 6.07) is 0. The standard InChI is InChI=1S/C11H16ClN7O3/c12-3-1-2-8-6-18(17-15-8)11-14-10(9(13)21)19(16-11)7-22-5-4-20/h6,20H,1-5,7H2,(H2,13,21). The smallest absolute Gasteiger partial charge is 0.286 e. The molecule has 0 fully saturated rings. The number of alkyl halides is 1. The number of aliphatic hydroxyl groups excluding tert-OH is 1. The molecule has 0 bridgehead atoms. The number of carbonyl (C=O) groups is 1. The molecule has 0 aliphatic rings. The Labute approximate surface area is 130 Å². The van der Waals surface area contributed by atoms with Crippen LogP contribution in [0.1, 0.15) is 22.7 Å². The number of hydrogen-bond donors (Lipinski definition) is 2. The molecule has 10 nitrogen and oxygen atoms in total. The van der Waals surface area contributed by atoms with E-state index in [0.29, 0.717) is 12.3 Å². The number of ether oxygens (including phenoxy) is 1. The first-order chi connectivity index (χ1) is 10.7. The zero-order valence-electron chi connectivity index (χ0n) is 11.7. The van der Waals surface area contributed by atoms with E-state index < -0.39 is 5.91 Å². The van der Waals surface area contributed by atoms with Crippen LogP contribution in [0.3, 0.4) is 0 Å². The molecule has 2 aromatic rings. The Balaban J connectivity index is 2.18. The predicted molar refractivity (Wildman–Crippen MR) is 75.5 cm³/mol. The van der Waals surface area contributed by atoms with Gasteiger partial charge in [0.2, 0.25) is 5.82 Å². The minimum Gasteiger partial charge on any atom is -0.394 e. The van der Waals surface area contributed by atoms with Crippen LogP contribution in [0, 0.1) is 0 Å². The van der Waals surface area contributed by atoms with Gasteiger partial charge in [-0.25, -0.2) is 4.68 Å². The number of primary amides is 1. The maximum absolute atomic E-state index is 11.4. The quantitative estimate of drug-likeness (QED) is 0.449. The topological polar surface area (TPSA) is 134 Å². The molecule has 0 saturated heterocycles. The van der Waals surface area contributed by atoms with E-state index in [9.17, 15) is 4.79 Å². The van der Waals surface area contributed by atoms with Gasteiger partial charge in [0.15, 0.2) is 0 Å². The van der Waals surface area contributed by atoms with E-state index in [2.05, 4.69) is 20.4 Å². The lowest BCUT2D eigenvalue weighted by Gasteiger charge is -2.03. The average Bonchev–Trinajstić information content (AvgIpc) is 3.12. The number of aromatic nitrogens is 6. The van der Waals surface area contributed by atoms with Crippen molar-refractivity contribution in [2.75, 3.05) is 19.1 Å². The van der Waals surface area contributed by atoms with Crippen LogP contribution < -0.4 is 5.73 Å². The number of nitrogens with two attached hydrogens (primary N) is 1. The molecule has 0 aliphatic carbocycles. The Morgan fingerprint density at radius 1 is 1.50 bits per heavy atom. The maximum Gasteiger partial charge on any atom is 0.286 e. The van der Waals surface area contributed by atoms with E-state index in [4.69, 9.17) is 27.2 Å². The largest absolute Gasteiger partial charge is 0.394 e. The van der Waals surface area contributed by atoms with Crippen molar-refractivity contribution in [2.24, 2.45) is 5.73 Å². The van der Waals surface area contributed by atoms with Crippen molar-refractivity contribution in [2.45, 2.75) is 19.6 Å². The second-order valence-electron chi connectivity index (χ2n) is 4.31. The number of hydrogen-bond acceptors (Lipinski definition) is 7. The number of nitrogens with zero attached hydrogens (tertiary/aromatic N) is 6. The zero-order valence-corrected chi connectivity index (χ0v) is 12.5. The molecule has 11 heteroatoms. The molecule has 22 heavy (non-hydrogen) atoms. The highest BCUT2D eigenvalue weighted by atomic mass is 35.5. The summed E-state index contributed by atoms with van der Waals surface area (Å²) in [5, 5.41) is 20.7. The fourth-order valence-corrected chi connectivity index (χ4v) is 1.81. The Morgan fingerprint density at radius 3 is 3.00 bits per heavy atom. The van der Waals surface area contributed by atoms with Gasteiger partial charge in [-0.05, 0) is 12.8 Å². The molecule has 1 amide bonds. The molecule has 0 aliphatic heterocycles. The number of carbonyl (C=O) groups excluding carboxylic acids is 1. The van der Waals surface area contributed by atoms with Gasteiger partial charge in [0.25, 0.3) is 11.9 Å². The minimum atomic E-state index is -0.742. The van der Waals surface area contributed by atoms with Crippen LogP contribution in [0.4, 0.5) is 0 Å². The monoisotopic (exact) mass is 329 g/mol. The molecule has 2 heterocycles. The van der Waals surface area contributed by atoms with Crippen LogP contribution in [0.2, 0.25) is 0 Å². The normalized spacial score (nSPS) is 11.0. The highest BCUT2D eigenvalue weighted by Gasteiger charge is 2.17. The van der Waals surface area contributed by atoms with E-state index in [-0.39, 0.29) is 31.7 Å². The molecule has 0 unspecified atom stereocenters. The highest BCUT2D eigenvalue weighted by Crippen LogP contribution is 2.06. The number of amides is 1. The molecule has 3 N–H and O–H groups in total. The highest BCUT2D eigenvalue weighted by molar-refractivity contribution is 6.17. The summed E-state index contributed by atoms with van der Waals surface area (Å²) >= 11 is 5.63. The summed E-state index contributed by atoms with van der Waals surface area (Å²) < 4.78 is 7.66. The molecule has 0 aromatic carbocycles. The van der Waals surface area contributed by atoms with Crippen LogP contribution in [0.25, 0.3) is 5.95 Å².